The van der Waals surface area contributed by atoms with E-state index in [0.29, 0.717) is 26.3 Å². The van der Waals surface area contributed by atoms with E-state index in [0.717, 1.165) is 0 Å². The van der Waals surface area contributed by atoms with Gasteiger partial charge in [-0.2, -0.15) is 0 Å². The summed E-state index contributed by atoms with van der Waals surface area (Å²) in [5.41, 5.74) is -0.209. The van der Waals surface area contributed by atoms with Crippen molar-refractivity contribution >= 4 is 23.4 Å². The van der Waals surface area contributed by atoms with Crippen molar-refractivity contribution in [1.82, 2.24) is 15.1 Å². The molecule has 3 aliphatic rings. The van der Waals surface area contributed by atoms with Gasteiger partial charge in [0.05, 0.1) is 21.4 Å². The zero-order valence-electron chi connectivity index (χ0n) is 24.3. The maximum Gasteiger partial charge on any atom is 0.255 e. The number of benzene rings is 2. The van der Waals surface area contributed by atoms with Crippen LogP contribution in [0.1, 0.15) is 48.1 Å². The molecule has 2 aromatic carbocycles. The first-order valence-electron chi connectivity index (χ1n) is 14.1. The van der Waals surface area contributed by atoms with Crippen molar-refractivity contribution in [3.8, 4) is 0 Å². The number of imide groups is 1. The van der Waals surface area contributed by atoms with Gasteiger partial charge in [0.2, 0.25) is 11.8 Å². The number of amides is 3. The summed E-state index contributed by atoms with van der Waals surface area (Å²) in [7, 11) is 0. The minimum atomic E-state index is -0.982. The number of rotatable bonds is 6. The molecule has 2 N–H and O–H groups in total. The quantitative estimate of drug-likeness (QED) is 0.626. The molecule has 2 saturated heterocycles. The lowest BCUT2D eigenvalue weighted by Gasteiger charge is -2.29. The predicted octanol–water partition coefficient (Wildman–Crippen LogP) is 2.03. The molecule has 9 heteroatoms. The Morgan fingerprint density at radius 3 is 2.79 bits per heavy atom. The summed E-state index contributed by atoms with van der Waals surface area (Å²) in [4.78, 5) is 40.4. The fraction of sp³-hybridized carbons (Fsp3) is 0.400. The van der Waals surface area contributed by atoms with Crippen molar-refractivity contribution in [1.29, 1.82) is 0 Å². The van der Waals surface area contributed by atoms with Crippen molar-refractivity contribution in [3.05, 3.63) is 64.3 Å². The second-order valence-corrected chi connectivity index (χ2v) is 8.39. The van der Waals surface area contributed by atoms with Gasteiger partial charge in [-0.3, -0.25) is 24.6 Å². The zero-order chi connectivity index (χ0) is 28.9. The van der Waals surface area contributed by atoms with Gasteiger partial charge >= 0.3 is 0 Å². The molecule has 0 aliphatic carbocycles. The van der Waals surface area contributed by atoms with E-state index in [2.05, 4.69) is 10.6 Å². The summed E-state index contributed by atoms with van der Waals surface area (Å²) in [5.74, 6) is -2.78. The molecule has 178 valence electrons. The number of nitrogens with one attached hydrogen (secondary N) is 2. The van der Waals surface area contributed by atoms with Gasteiger partial charge in [-0.25, -0.2) is 4.39 Å². The van der Waals surface area contributed by atoms with Crippen LogP contribution in [0, 0.1) is 5.82 Å². The normalized spacial score (nSPS) is 23.4. The average Bonchev–Trinajstić information content (AvgIpc) is 3.27. The highest BCUT2D eigenvalue weighted by atomic mass is 19.1. The lowest BCUT2D eigenvalue weighted by molar-refractivity contribution is -0.136. The smallest absolute Gasteiger partial charge is 0.255 e. The molecule has 3 amide bonds. The third-order valence-electron chi connectivity index (χ3n) is 6.19. The summed E-state index contributed by atoms with van der Waals surface area (Å²) in [6.45, 7) is 1.63. The summed E-state index contributed by atoms with van der Waals surface area (Å²) in [6, 6.07) is -3.62. The highest BCUT2D eigenvalue weighted by Gasteiger charge is 2.39. The fourth-order valence-corrected chi connectivity index (χ4v) is 4.35. The van der Waals surface area contributed by atoms with Crippen LogP contribution in [-0.4, -0.2) is 59.9 Å². The maximum atomic E-state index is 15.4. The number of nitrogens with zero attached hydrogens (tertiary/aromatic N) is 2. The zero-order valence-corrected chi connectivity index (χ0v) is 18.3. The molecule has 0 saturated carbocycles. The van der Waals surface area contributed by atoms with Crippen molar-refractivity contribution < 1.29 is 31.7 Å². The lowest BCUT2D eigenvalue weighted by atomic mass is 10.0. The van der Waals surface area contributed by atoms with Crippen molar-refractivity contribution in [2.45, 2.75) is 38.5 Å². The molecular formula is C25H27FN4O4. The van der Waals surface area contributed by atoms with Gasteiger partial charge in [0, 0.05) is 61.5 Å². The first kappa shape index (κ1) is 16.3. The summed E-state index contributed by atoms with van der Waals surface area (Å²) in [5, 5.41) is 5.01. The van der Waals surface area contributed by atoms with E-state index < -0.39 is 66.3 Å². The van der Waals surface area contributed by atoms with Crippen molar-refractivity contribution in [2.24, 2.45) is 0 Å². The van der Waals surface area contributed by atoms with E-state index >= 15 is 4.39 Å². The summed E-state index contributed by atoms with van der Waals surface area (Å²) >= 11 is 0. The van der Waals surface area contributed by atoms with Crippen LogP contribution in [0.3, 0.4) is 0 Å². The van der Waals surface area contributed by atoms with Crippen LogP contribution in [0.4, 0.5) is 10.1 Å². The number of piperidine rings is 1. The number of hydrogen-bond donors (Lipinski definition) is 2. The van der Waals surface area contributed by atoms with Crippen LogP contribution in [0.25, 0.3) is 0 Å². The number of fused-ring (bicyclic) bond motifs is 1. The van der Waals surface area contributed by atoms with Gasteiger partial charge in [0.15, 0.2) is 0 Å². The molecule has 1 atom stereocenters. The van der Waals surface area contributed by atoms with E-state index in [-0.39, 0.29) is 59.9 Å². The van der Waals surface area contributed by atoms with Crippen molar-refractivity contribution in [2.75, 3.05) is 31.6 Å². The molecular weight excluding hydrogens is 439 g/mol. The monoisotopic (exact) mass is 472 g/mol. The fourth-order valence-electron chi connectivity index (χ4n) is 4.35. The Balaban J connectivity index is 1.45. The summed E-state index contributed by atoms with van der Waals surface area (Å²) in [6.07, 6.45) is 0.117. The molecule has 0 bridgehead atoms. The van der Waals surface area contributed by atoms with Crippen LogP contribution in [-0.2, 0) is 34.0 Å². The van der Waals surface area contributed by atoms with E-state index in [1.165, 1.54) is 4.90 Å². The topological polar surface area (TPSA) is 91.0 Å². The number of anilines is 1. The summed E-state index contributed by atoms with van der Waals surface area (Å²) < 4.78 is 70.8. The second-order valence-electron chi connectivity index (χ2n) is 8.39. The van der Waals surface area contributed by atoms with Crippen LogP contribution in [0.5, 0.6) is 0 Å². The van der Waals surface area contributed by atoms with Crippen molar-refractivity contribution in [3.63, 3.8) is 0 Å². The van der Waals surface area contributed by atoms with Gasteiger partial charge in [-0.05, 0) is 30.1 Å². The third-order valence-corrected chi connectivity index (χ3v) is 6.19. The number of morpholine rings is 1. The maximum absolute atomic E-state index is 15.4. The molecule has 3 aliphatic heterocycles. The Morgan fingerprint density at radius 1 is 1.18 bits per heavy atom. The van der Waals surface area contributed by atoms with Crippen LogP contribution in [0.15, 0.2) is 36.3 Å². The average molecular weight is 473 g/mol. The molecule has 34 heavy (non-hydrogen) atoms. The Hall–Kier alpha value is -3.30. The van der Waals surface area contributed by atoms with Gasteiger partial charge in [0.25, 0.3) is 5.91 Å². The molecule has 5 rings (SSSR count). The number of ether oxygens (including phenoxy) is 1. The Morgan fingerprint density at radius 2 is 2.00 bits per heavy atom. The minimum absolute atomic E-state index is 0.0285. The van der Waals surface area contributed by atoms with Crippen LogP contribution in [0.2, 0.25) is 0 Å². The van der Waals surface area contributed by atoms with Gasteiger partial charge in [0.1, 0.15) is 11.9 Å². The van der Waals surface area contributed by atoms with E-state index in [9.17, 15) is 14.4 Å². The molecule has 2 aromatic rings. The van der Waals surface area contributed by atoms with Gasteiger partial charge < -0.3 is 15.0 Å². The molecule has 0 spiro atoms. The molecule has 3 heterocycles. The van der Waals surface area contributed by atoms with E-state index in [1.807, 2.05) is 4.90 Å². The number of carbonyl (C=O) groups excluding carboxylic acids is 3. The molecule has 8 nitrogen and oxygen atoms in total. The van der Waals surface area contributed by atoms with Crippen LogP contribution < -0.4 is 10.6 Å². The Bertz CT molecular complexity index is 1410. The lowest BCUT2D eigenvalue weighted by Crippen LogP contribution is -2.52. The predicted molar refractivity (Wildman–Crippen MR) is 122 cm³/mol. The molecule has 2 fully saturated rings. The highest BCUT2D eigenvalue weighted by Crippen LogP contribution is 2.32. The number of hydrogen-bond acceptors (Lipinski definition) is 6. The van der Waals surface area contributed by atoms with E-state index in [4.69, 9.17) is 13.0 Å². The first-order valence-corrected chi connectivity index (χ1v) is 11.1. The van der Waals surface area contributed by atoms with E-state index in [1.54, 1.807) is 0 Å². The minimum Gasteiger partial charge on any atom is -0.381 e. The van der Waals surface area contributed by atoms with Gasteiger partial charge in [-0.1, -0.05) is 18.1 Å². The Labute approximate surface area is 205 Å². The largest absolute Gasteiger partial charge is 0.381 e. The second kappa shape index (κ2) is 9.52. The molecule has 0 aromatic heterocycles. The molecule has 0 radical (unpaired) electrons. The number of carbonyl (C=O) groups is 3. The third kappa shape index (κ3) is 4.53. The SMILES string of the molecule is [2H]c1c([2H])c(NCc2c([2H])c([2H])c(CN3CCOCC3)c([2H])c2F)c2c(c1[2H])C(=O)N([C@@H]1CCC(=O)NC1=O)C2. The first-order chi connectivity index (χ1) is 19.0. The Kier molecular flexibility index (Phi) is 4.58. The standard InChI is InChI=1S/C25H27FN4O4/c26-20-12-16(14-29-8-10-34-11-9-29)4-5-17(20)13-27-21-3-1-2-18-19(21)15-30(25(18)33)22-6-7-23(31)28-24(22)32/h1-5,12,22,27H,6-11,13-15H2,(H,28,31,32)/t22-/m1/s1/i1D,2D,3D,4D,5D,12D. The molecule has 0 unspecified atom stereocenters. The van der Waals surface area contributed by atoms with Gasteiger partial charge in [-0.15, -0.1) is 0 Å². The highest BCUT2D eigenvalue weighted by molar-refractivity contribution is 6.06. The van der Waals surface area contributed by atoms with Crippen LogP contribution >= 0.6 is 0 Å². The number of halogens is 1.